The van der Waals surface area contributed by atoms with Crippen molar-refractivity contribution in [3.8, 4) is 0 Å². The van der Waals surface area contributed by atoms with Crippen molar-refractivity contribution in [2.45, 2.75) is 40.2 Å². The zero-order valence-electron chi connectivity index (χ0n) is 11.0. The number of carbonyl (C=O) groups excluding carboxylic acids is 1. The van der Waals surface area contributed by atoms with Crippen molar-refractivity contribution >= 4 is 28.2 Å². The molecule has 0 radical (unpaired) electrons. The standard InChI is InChI=1S/C12H18N2O3S/c1-6(2)5-9(11(16)17)13-12-14-10(7(3)15)8(4)18-12/h6,9H,5H2,1-4H3,(H,13,14)(H,16,17)/t9-/m1/s1. The van der Waals surface area contributed by atoms with Gasteiger partial charge in [0.25, 0.3) is 0 Å². The Kier molecular flexibility index (Phi) is 4.84. The first kappa shape index (κ1) is 14.6. The molecular weight excluding hydrogens is 252 g/mol. The van der Waals surface area contributed by atoms with E-state index in [0.29, 0.717) is 17.2 Å². The third-order valence-corrected chi connectivity index (χ3v) is 3.34. The van der Waals surface area contributed by atoms with Crippen molar-refractivity contribution in [1.29, 1.82) is 0 Å². The Morgan fingerprint density at radius 2 is 2.06 bits per heavy atom. The topological polar surface area (TPSA) is 79.3 Å². The molecular formula is C12H18N2O3S. The van der Waals surface area contributed by atoms with Crippen LogP contribution in [0.15, 0.2) is 0 Å². The number of aromatic nitrogens is 1. The highest BCUT2D eigenvalue weighted by atomic mass is 32.1. The second kappa shape index (κ2) is 5.95. The maximum atomic E-state index is 11.3. The van der Waals surface area contributed by atoms with Gasteiger partial charge in [0.05, 0.1) is 0 Å². The number of hydrogen-bond acceptors (Lipinski definition) is 5. The van der Waals surface area contributed by atoms with E-state index in [9.17, 15) is 9.59 Å². The predicted molar refractivity (Wildman–Crippen MR) is 71.4 cm³/mol. The Hall–Kier alpha value is -1.43. The summed E-state index contributed by atoms with van der Waals surface area (Å²) in [5.74, 6) is -0.736. The van der Waals surface area contributed by atoms with E-state index in [2.05, 4.69) is 10.3 Å². The Labute approximate surface area is 110 Å². The van der Waals surface area contributed by atoms with Gasteiger partial charge in [-0.3, -0.25) is 4.79 Å². The molecule has 1 aromatic heterocycles. The SMILES string of the molecule is CC(=O)c1nc(N[C@H](CC(C)C)C(=O)O)sc1C. The van der Waals surface area contributed by atoms with Crippen molar-refractivity contribution < 1.29 is 14.7 Å². The van der Waals surface area contributed by atoms with Crippen LogP contribution < -0.4 is 5.32 Å². The van der Waals surface area contributed by atoms with Gasteiger partial charge in [0, 0.05) is 11.8 Å². The lowest BCUT2D eigenvalue weighted by Gasteiger charge is -2.15. The first-order valence-corrected chi connectivity index (χ1v) is 6.60. The summed E-state index contributed by atoms with van der Waals surface area (Å²) < 4.78 is 0. The molecule has 1 aromatic rings. The number of aryl methyl sites for hydroxylation is 1. The number of Topliss-reactive ketones (excluding diaryl/α,β-unsaturated/α-hetero) is 1. The number of thiazole rings is 1. The number of carboxylic acid groups (broad SMARTS) is 1. The average molecular weight is 270 g/mol. The number of nitrogens with zero attached hydrogens (tertiary/aromatic N) is 1. The second-order valence-corrected chi connectivity index (χ2v) is 5.85. The number of rotatable bonds is 6. The molecule has 0 amide bonds. The van der Waals surface area contributed by atoms with E-state index in [1.165, 1.54) is 18.3 Å². The summed E-state index contributed by atoms with van der Waals surface area (Å²) >= 11 is 1.31. The summed E-state index contributed by atoms with van der Waals surface area (Å²) in [5, 5.41) is 12.5. The average Bonchev–Trinajstić information content (AvgIpc) is 2.57. The van der Waals surface area contributed by atoms with E-state index in [1.807, 2.05) is 13.8 Å². The summed E-state index contributed by atoms with van der Waals surface area (Å²) in [7, 11) is 0. The highest BCUT2D eigenvalue weighted by Gasteiger charge is 2.21. The minimum absolute atomic E-state index is 0.104. The molecule has 6 heteroatoms. The fourth-order valence-corrected chi connectivity index (χ4v) is 2.54. The van der Waals surface area contributed by atoms with Gasteiger partial charge in [-0.15, -0.1) is 11.3 Å². The molecule has 0 aromatic carbocycles. The maximum Gasteiger partial charge on any atom is 0.326 e. The van der Waals surface area contributed by atoms with Crippen molar-refractivity contribution in [3.63, 3.8) is 0 Å². The summed E-state index contributed by atoms with van der Waals surface area (Å²) in [6.07, 6.45) is 0.517. The zero-order valence-corrected chi connectivity index (χ0v) is 11.8. The number of anilines is 1. The lowest BCUT2D eigenvalue weighted by atomic mass is 10.0. The van der Waals surface area contributed by atoms with Crippen molar-refractivity contribution in [2.75, 3.05) is 5.32 Å². The van der Waals surface area contributed by atoms with Crippen molar-refractivity contribution in [1.82, 2.24) is 4.98 Å². The molecule has 0 bridgehead atoms. The monoisotopic (exact) mass is 270 g/mol. The second-order valence-electron chi connectivity index (χ2n) is 4.64. The van der Waals surface area contributed by atoms with Gasteiger partial charge >= 0.3 is 5.97 Å². The predicted octanol–water partition coefficient (Wildman–Crippen LogP) is 2.57. The van der Waals surface area contributed by atoms with Crippen LogP contribution in [0.5, 0.6) is 0 Å². The molecule has 1 heterocycles. The van der Waals surface area contributed by atoms with E-state index in [1.54, 1.807) is 6.92 Å². The van der Waals surface area contributed by atoms with E-state index < -0.39 is 12.0 Å². The minimum atomic E-state index is -0.902. The number of carboxylic acids is 1. The molecule has 100 valence electrons. The van der Waals surface area contributed by atoms with Gasteiger partial charge in [0.2, 0.25) is 0 Å². The number of nitrogens with one attached hydrogen (secondary N) is 1. The van der Waals surface area contributed by atoms with Crippen molar-refractivity contribution in [3.05, 3.63) is 10.6 Å². The van der Waals surface area contributed by atoms with E-state index in [-0.39, 0.29) is 11.7 Å². The highest BCUT2D eigenvalue weighted by molar-refractivity contribution is 7.15. The third-order valence-electron chi connectivity index (χ3n) is 2.43. The molecule has 1 atom stereocenters. The van der Waals surface area contributed by atoms with Crippen LogP contribution in [0.25, 0.3) is 0 Å². The number of aliphatic carboxylic acids is 1. The van der Waals surface area contributed by atoms with Gasteiger partial charge < -0.3 is 10.4 Å². The smallest absolute Gasteiger partial charge is 0.326 e. The van der Waals surface area contributed by atoms with E-state index in [0.717, 1.165) is 4.88 Å². The summed E-state index contributed by atoms with van der Waals surface area (Å²) in [5.41, 5.74) is 0.413. The summed E-state index contributed by atoms with van der Waals surface area (Å²) in [6.45, 7) is 7.18. The van der Waals surface area contributed by atoms with Gasteiger partial charge in [-0.2, -0.15) is 0 Å². The van der Waals surface area contributed by atoms with Gasteiger partial charge in [-0.25, -0.2) is 9.78 Å². The first-order valence-electron chi connectivity index (χ1n) is 5.79. The maximum absolute atomic E-state index is 11.3. The van der Waals surface area contributed by atoms with Crippen LogP contribution in [0, 0.1) is 12.8 Å². The molecule has 0 fully saturated rings. The Balaban J connectivity index is 2.84. The fourth-order valence-electron chi connectivity index (χ4n) is 1.63. The molecule has 0 aliphatic rings. The van der Waals surface area contributed by atoms with E-state index in [4.69, 9.17) is 5.11 Å². The molecule has 0 aliphatic heterocycles. The molecule has 5 nitrogen and oxygen atoms in total. The Morgan fingerprint density at radius 3 is 2.44 bits per heavy atom. The number of hydrogen-bond donors (Lipinski definition) is 2. The molecule has 0 saturated heterocycles. The molecule has 0 saturated carbocycles. The quantitative estimate of drug-likeness (QED) is 0.777. The first-order chi connectivity index (χ1) is 8.31. The van der Waals surface area contributed by atoms with Crippen LogP contribution in [0.3, 0.4) is 0 Å². The van der Waals surface area contributed by atoms with Crippen LogP contribution in [0.1, 0.15) is 42.6 Å². The van der Waals surface area contributed by atoms with Gasteiger partial charge in [-0.1, -0.05) is 13.8 Å². The van der Waals surface area contributed by atoms with Crippen LogP contribution in [0.4, 0.5) is 5.13 Å². The zero-order chi connectivity index (χ0) is 13.9. The number of carbonyl (C=O) groups is 2. The largest absolute Gasteiger partial charge is 0.480 e. The summed E-state index contributed by atoms with van der Waals surface area (Å²) in [4.78, 5) is 27.3. The molecule has 0 unspecified atom stereocenters. The normalized spacial score (nSPS) is 12.5. The van der Waals surface area contributed by atoms with Crippen LogP contribution in [0.2, 0.25) is 0 Å². The van der Waals surface area contributed by atoms with Gasteiger partial charge in [0.1, 0.15) is 11.7 Å². The highest BCUT2D eigenvalue weighted by Crippen LogP contribution is 2.24. The molecule has 1 rings (SSSR count). The van der Waals surface area contributed by atoms with Crippen LogP contribution >= 0.6 is 11.3 Å². The number of ketones is 1. The molecule has 18 heavy (non-hydrogen) atoms. The Morgan fingerprint density at radius 1 is 1.44 bits per heavy atom. The molecule has 0 aliphatic carbocycles. The molecule has 0 spiro atoms. The van der Waals surface area contributed by atoms with E-state index >= 15 is 0 Å². The molecule has 2 N–H and O–H groups in total. The summed E-state index contributed by atoms with van der Waals surface area (Å²) in [6, 6.07) is -0.671. The van der Waals surface area contributed by atoms with Crippen LogP contribution in [-0.4, -0.2) is 27.9 Å². The third kappa shape index (κ3) is 3.80. The van der Waals surface area contributed by atoms with Gasteiger partial charge in [-0.05, 0) is 19.3 Å². The Bertz CT molecular complexity index is 454. The minimum Gasteiger partial charge on any atom is -0.480 e. The van der Waals surface area contributed by atoms with Crippen LogP contribution in [-0.2, 0) is 4.79 Å². The lowest BCUT2D eigenvalue weighted by molar-refractivity contribution is -0.138. The lowest BCUT2D eigenvalue weighted by Crippen LogP contribution is -2.30. The van der Waals surface area contributed by atoms with Gasteiger partial charge in [0.15, 0.2) is 10.9 Å². The fraction of sp³-hybridized carbons (Fsp3) is 0.583. The van der Waals surface area contributed by atoms with Crippen molar-refractivity contribution in [2.24, 2.45) is 5.92 Å².